The molecule has 0 spiro atoms. The molecule has 0 aromatic heterocycles. The molecule has 1 fully saturated rings. The molecule has 0 aliphatic heterocycles. The number of likely N-dealkylation sites (N-methyl/N-ethyl adjacent to an activating group) is 1. The highest BCUT2D eigenvalue weighted by Gasteiger charge is 2.21. The van der Waals surface area contributed by atoms with Gasteiger partial charge in [0, 0.05) is 18.6 Å². The Balaban J connectivity index is 1.84. The van der Waals surface area contributed by atoms with E-state index in [0.717, 1.165) is 18.5 Å². The van der Waals surface area contributed by atoms with Crippen molar-refractivity contribution in [3.8, 4) is 0 Å². The Labute approximate surface area is 124 Å². The van der Waals surface area contributed by atoms with Crippen LogP contribution in [-0.2, 0) is 0 Å². The van der Waals surface area contributed by atoms with Gasteiger partial charge in [0.1, 0.15) is 0 Å². The largest absolute Gasteiger partial charge is 0.312 e. The molecule has 2 nitrogen and oxygen atoms in total. The quantitative estimate of drug-likeness (QED) is 0.847. The SMILES string of the molecule is CCC1CCC(NCC(c2ccccc2)N(C)C)CC1. The van der Waals surface area contributed by atoms with Crippen molar-refractivity contribution >= 4 is 0 Å². The normalized spacial score (nSPS) is 24.8. The predicted molar refractivity (Wildman–Crippen MR) is 86.9 cm³/mol. The van der Waals surface area contributed by atoms with Crippen LogP contribution in [0.3, 0.4) is 0 Å². The summed E-state index contributed by atoms with van der Waals surface area (Å²) in [5.74, 6) is 0.979. The van der Waals surface area contributed by atoms with Gasteiger partial charge in [-0.1, -0.05) is 43.7 Å². The maximum absolute atomic E-state index is 3.80. The lowest BCUT2D eigenvalue weighted by Crippen LogP contribution is -2.39. The van der Waals surface area contributed by atoms with Crippen molar-refractivity contribution in [3.05, 3.63) is 35.9 Å². The highest BCUT2D eigenvalue weighted by atomic mass is 15.1. The number of benzene rings is 1. The molecule has 112 valence electrons. The summed E-state index contributed by atoms with van der Waals surface area (Å²) in [6.07, 6.45) is 6.89. The number of nitrogens with one attached hydrogen (secondary N) is 1. The maximum atomic E-state index is 3.80. The molecule has 1 aliphatic carbocycles. The third kappa shape index (κ3) is 4.32. The van der Waals surface area contributed by atoms with E-state index in [1.807, 2.05) is 0 Å². The monoisotopic (exact) mass is 274 g/mol. The molecule has 0 bridgehead atoms. The molecular weight excluding hydrogens is 244 g/mol. The minimum Gasteiger partial charge on any atom is -0.312 e. The van der Waals surface area contributed by atoms with E-state index in [9.17, 15) is 0 Å². The van der Waals surface area contributed by atoms with Gasteiger partial charge in [0.15, 0.2) is 0 Å². The summed E-state index contributed by atoms with van der Waals surface area (Å²) in [7, 11) is 4.35. The molecular formula is C18H30N2. The molecule has 0 saturated heterocycles. The van der Waals surface area contributed by atoms with Gasteiger partial charge in [0.25, 0.3) is 0 Å². The Morgan fingerprint density at radius 3 is 2.30 bits per heavy atom. The van der Waals surface area contributed by atoms with Crippen molar-refractivity contribution in [2.24, 2.45) is 5.92 Å². The molecule has 1 aromatic carbocycles. The minimum atomic E-state index is 0.472. The Bertz CT molecular complexity index is 366. The first-order valence-corrected chi connectivity index (χ1v) is 8.15. The lowest BCUT2D eigenvalue weighted by Gasteiger charge is -2.32. The van der Waals surface area contributed by atoms with E-state index in [1.165, 1.54) is 37.7 Å². The molecule has 1 atom stereocenters. The Morgan fingerprint density at radius 2 is 1.75 bits per heavy atom. The van der Waals surface area contributed by atoms with Crippen molar-refractivity contribution in [1.82, 2.24) is 10.2 Å². The van der Waals surface area contributed by atoms with E-state index >= 15 is 0 Å². The summed E-state index contributed by atoms with van der Waals surface area (Å²) in [4.78, 5) is 2.32. The molecule has 1 N–H and O–H groups in total. The standard InChI is InChI=1S/C18H30N2/c1-4-15-10-12-17(13-11-15)19-14-18(20(2)3)16-8-6-5-7-9-16/h5-9,15,17-19H,4,10-14H2,1-3H3. The number of hydrogen-bond acceptors (Lipinski definition) is 2. The van der Waals surface area contributed by atoms with Gasteiger partial charge < -0.3 is 10.2 Å². The molecule has 0 amide bonds. The van der Waals surface area contributed by atoms with Gasteiger partial charge in [-0.05, 0) is 51.3 Å². The molecule has 2 heteroatoms. The van der Waals surface area contributed by atoms with Crippen LogP contribution in [0, 0.1) is 5.92 Å². The molecule has 1 aliphatic rings. The summed E-state index contributed by atoms with van der Waals surface area (Å²) in [6.45, 7) is 3.38. The molecule has 0 heterocycles. The van der Waals surface area contributed by atoms with Crippen LogP contribution in [0.25, 0.3) is 0 Å². The average Bonchev–Trinajstić information content (AvgIpc) is 2.49. The fourth-order valence-electron chi connectivity index (χ4n) is 3.33. The van der Waals surface area contributed by atoms with Crippen molar-refractivity contribution in [3.63, 3.8) is 0 Å². The van der Waals surface area contributed by atoms with E-state index in [4.69, 9.17) is 0 Å². The molecule has 1 aromatic rings. The van der Waals surface area contributed by atoms with Crippen LogP contribution in [0.15, 0.2) is 30.3 Å². The minimum absolute atomic E-state index is 0.472. The number of rotatable bonds is 6. The molecule has 0 radical (unpaired) electrons. The summed E-state index contributed by atoms with van der Waals surface area (Å²) >= 11 is 0. The third-order valence-corrected chi connectivity index (χ3v) is 4.83. The first kappa shape index (κ1) is 15.5. The van der Waals surface area contributed by atoms with E-state index in [-0.39, 0.29) is 0 Å². The van der Waals surface area contributed by atoms with E-state index in [1.54, 1.807) is 0 Å². The molecule has 1 unspecified atom stereocenters. The summed E-state index contributed by atoms with van der Waals surface area (Å²) in [5.41, 5.74) is 1.41. The van der Waals surface area contributed by atoms with Gasteiger partial charge in [-0.2, -0.15) is 0 Å². The Morgan fingerprint density at radius 1 is 1.10 bits per heavy atom. The van der Waals surface area contributed by atoms with Crippen LogP contribution in [0.1, 0.15) is 50.6 Å². The van der Waals surface area contributed by atoms with Gasteiger partial charge in [-0.25, -0.2) is 0 Å². The Hall–Kier alpha value is -0.860. The van der Waals surface area contributed by atoms with Crippen molar-refractivity contribution in [2.75, 3.05) is 20.6 Å². The second-order valence-electron chi connectivity index (χ2n) is 6.42. The number of nitrogens with zero attached hydrogens (tertiary/aromatic N) is 1. The second-order valence-corrected chi connectivity index (χ2v) is 6.42. The highest BCUT2D eigenvalue weighted by Crippen LogP contribution is 2.27. The van der Waals surface area contributed by atoms with E-state index < -0.39 is 0 Å². The zero-order chi connectivity index (χ0) is 14.4. The van der Waals surface area contributed by atoms with Crippen molar-refractivity contribution in [1.29, 1.82) is 0 Å². The van der Waals surface area contributed by atoms with Crippen LogP contribution in [0.5, 0.6) is 0 Å². The van der Waals surface area contributed by atoms with Crippen LogP contribution in [-0.4, -0.2) is 31.6 Å². The smallest absolute Gasteiger partial charge is 0.0466 e. The highest BCUT2D eigenvalue weighted by molar-refractivity contribution is 5.19. The summed E-state index contributed by atoms with van der Waals surface area (Å²) in [5, 5.41) is 3.80. The van der Waals surface area contributed by atoms with E-state index in [2.05, 4.69) is 61.6 Å². The van der Waals surface area contributed by atoms with Crippen LogP contribution in [0.2, 0.25) is 0 Å². The molecule has 2 rings (SSSR count). The zero-order valence-electron chi connectivity index (χ0n) is 13.3. The summed E-state index contributed by atoms with van der Waals surface area (Å²) in [6, 6.07) is 12.0. The fourth-order valence-corrected chi connectivity index (χ4v) is 3.33. The van der Waals surface area contributed by atoms with Gasteiger partial charge in [-0.15, -0.1) is 0 Å². The van der Waals surface area contributed by atoms with Gasteiger partial charge >= 0.3 is 0 Å². The predicted octanol–water partition coefficient (Wildman–Crippen LogP) is 3.85. The Kier molecular flexibility index (Phi) is 6.06. The summed E-state index contributed by atoms with van der Waals surface area (Å²) < 4.78 is 0. The lowest BCUT2D eigenvalue weighted by atomic mass is 9.84. The van der Waals surface area contributed by atoms with E-state index in [0.29, 0.717) is 6.04 Å². The van der Waals surface area contributed by atoms with Gasteiger partial charge in [0.2, 0.25) is 0 Å². The van der Waals surface area contributed by atoms with Gasteiger partial charge in [-0.3, -0.25) is 0 Å². The van der Waals surface area contributed by atoms with Crippen LogP contribution in [0.4, 0.5) is 0 Å². The number of hydrogen-bond donors (Lipinski definition) is 1. The van der Waals surface area contributed by atoms with Crippen LogP contribution < -0.4 is 5.32 Å². The lowest BCUT2D eigenvalue weighted by molar-refractivity contribution is 0.244. The van der Waals surface area contributed by atoms with Crippen molar-refractivity contribution < 1.29 is 0 Å². The van der Waals surface area contributed by atoms with Crippen molar-refractivity contribution in [2.45, 2.75) is 51.1 Å². The maximum Gasteiger partial charge on any atom is 0.0466 e. The third-order valence-electron chi connectivity index (χ3n) is 4.83. The molecule has 20 heavy (non-hydrogen) atoms. The van der Waals surface area contributed by atoms with Gasteiger partial charge in [0.05, 0.1) is 0 Å². The molecule has 1 saturated carbocycles. The topological polar surface area (TPSA) is 15.3 Å². The average molecular weight is 274 g/mol. The second kappa shape index (κ2) is 7.80. The fraction of sp³-hybridized carbons (Fsp3) is 0.667. The van der Waals surface area contributed by atoms with Crippen LogP contribution >= 0.6 is 0 Å². The first-order valence-electron chi connectivity index (χ1n) is 8.15. The zero-order valence-corrected chi connectivity index (χ0v) is 13.3. The first-order chi connectivity index (χ1) is 9.70.